The number of carbonyl (C=O) groups is 1. The second-order valence-electron chi connectivity index (χ2n) is 6.47. The highest BCUT2D eigenvalue weighted by Gasteiger charge is 2.14. The van der Waals surface area contributed by atoms with Gasteiger partial charge in [-0.25, -0.2) is 9.00 Å². The molecular weight excluding hydrogens is 360 g/mol. The summed E-state index contributed by atoms with van der Waals surface area (Å²) in [5.41, 5.74) is 3.59. The van der Waals surface area contributed by atoms with Gasteiger partial charge in [-0.3, -0.25) is 0 Å². The highest BCUT2D eigenvalue weighted by Crippen LogP contribution is 2.26. The number of hydrogen-bond acceptors (Lipinski definition) is 4. The van der Waals surface area contributed by atoms with E-state index in [1.54, 1.807) is 35.7 Å². The van der Waals surface area contributed by atoms with Gasteiger partial charge in [0.15, 0.2) is 0 Å². The molecule has 2 amide bonds. The van der Waals surface area contributed by atoms with E-state index in [-0.39, 0.29) is 0 Å². The van der Waals surface area contributed by atoms with Crippen LogP contribution in [0.5, 0.6) is 0 Å². The Morgan fingerprint density at radius 1 is 1.15 bits per heavy atom. The monoisotopic (exact) mass is 380 g/mol. The van der Waals surface area contributed by atoms with Crippen LogP contribution in [0.1, 0.15) is 16.7 Å². The molecule has 138 valence electrons. The average Bonchev–Trinajstić information content (AvgIpc) is 3.00. The molecule has 1 unspecified atom stereocenters. The first kappa shape index (κ1) is 18.8. The second kappa shape index (κ2) is 8.16. The lowest BCUT2D eigenvalue weighted by molar-refractivity contribution is 0.262. The largest absolute Gasteiger partial charge is 0.323 e. The van der Waals surface area contributed by atoms with Crippen LogP contribution >= 0.6 is 0 Å². The normalized spacial score (nSPS) is 14.7. The molecule has 1 heterocycles. The lowest BCUT2D eigenvalue weighted by atomic mass is 10.0. The third kappa shape index (κ3) is 4.61. The number of amides is 2. The van der Waals surface area contributed by atoms with Crippen molar-refractivity contribution in [2.45, 2.75) is 11.3 Å². The van der Waals surface area contributed by atoms with Crippen molar-refractivity contribution in [3.63, 3.8) is 0 Å². The number of anilines is 2. The van der Waals surface area contributed by atoms with Gasteiger partial charge in [-0.05, 0) is 68.1 Å². The molecule has 1 atom stereocenters. The van der Waals surface area contributed by atoms with Gasteiger partial charge in [-0.15, -0.1) is 0 Å². The molecule has 0 saturated heterocycles. The van der Waals surface area contributed by atoms with Crippen LogP contribution in [0.2, 0.25) is 0 Å². The van der Waals surface area contributed by atoms with Crippen molar-refractivity contribution < 1.29 is 9.00 Å². The Morgan fingerprint density at radius 2 is 1.85 bits per heavy atom. The smallest absolute Gasteiger partial charge is 0.309 e. The van der Waals surface area contributed by atoms with Crippen molar-refractivity contribution in [3.05, 3.63) is 58.5 Å². The fourth-order valence-electron chi connectivity index (χ4n) is 2.76. The molecule has 0 saturated carbocycles. The molecule has 1 aliphatic rings. The van der Waals surface area contributed by atoms with Crippen LogP contribution in [0.4, 0.5) is 16.2 Å². The van der Waals surface area contributed by atoms with Crippen molar-refractivity contribution in [1.29, 1.82) is 5.26 Å². The summed E-state index contributed by atoms with van der Waals surface area (Å²) in [6.07, 6.45) is 2.53. The number of benzene rings is 2. The molecule has 2 aromatic carbocycles. The molecule has 6 nitrogen and oxygen atoms in total. The first-order valence-electron chi connectivity index (χ1n) is 8.45. The fourth-order valence-corrected chi connectivity index (χ4v) is 3.79. The highest BCUT2D eigenvalue weighted by molar-refractivity contribution is 7.88. The lowest BCUT2D eigenvalue weighted by Gasteiger charge is -2.13. The summed E-state index contributed by atoms with van der Waals surface area (Å²) in [5.74, 6) is 0. The average molecular weight is 380 g/mol. The molecule has 0 aromatic heterocycles. The van der Waals surface area contributed by atoms with Crippen LogP contribution < -0.4 is 10.6 Å². The van der Waals surface area contributed by atoms with Crippen molar-refractivity contribution in [2.24, 2.45) is 0 Å². The predicted octanol–water partition coefficient (Wildman–Crippen LogP) is 3.40. The van der Waals surface area contributed by atoms with E-state index in [0.29, 0.717) is 21.8 Å². The Morgan fingerprint density at radius 3 is 2.56 bits per heavy atom. The molecule has 2 N–H and O–H groups in total. The Kier molecular flexibility index (Phi) is 5.69. The third-order valence-corrected chi connectivity index (χ3v) is 5.34. The van der Waals surface area contributed by atoms with E-state index in [1.807, 2.05) is 31.1 Å². The quantitative estimate of drug-likeness (QED) is 0.832. The number of nitriles is 1. The number of rotatable bonds is 5. The van der Waals surface area contributed by atoms with Crippen molar-refractivity contribution in [1.82, 2.24) is 4.90 Å². The number of urea groups is 1. The number of fused-ring (bicyclic) bond motifs is 1. The molecule has 2 aromatic rings. The van der Waals surface area contributed by atoms with E-state index in [9.17, 15) is 14.3 Å². The van der Waals surface area contributed by atoms with Gasteiger partial charge in [0.1, 0.15) is 0 Å². The summed E-state index contributed by atoms with van der Waals surface area (Å²) in [4.78, 5) is 15.0. The molecule has 1 aliphatic heterocycles. The standard InChI is InChI=1S/C20H20N4O2S/c1-24(2)9-7-15-11-17(6-4-16(15)13-21)22-20(25)23-18-5-3-14-8-10-27(26)19(14)12-18/h3-6,8,10-12H,7,9H2,1-2H3,(H2,22,23,25). The van der Waals surface area contributed by atoms with Gasteiger partial charge in [0.05, 0.1) is 27.3 Å². The fraction of sp³-hybridized carbons (Fsp3) is 0.200. The van der Waals surface area contributed by atoms with Crippen molar-refractivity contribution in [3.8, 4) is 6.07 Å². The maximum atomic E-state index is 12.3. The zero-order valence-electron chi connectivity index (χ0n) is 15.2. The molecule has 0 aliphatic carbocycles. The van der Waals surface area contributed by atoms with Crippen LogP contribution in [0.3, 0.4) is 0 Å². The predicted molar refractivity (Wildman–Crippen MR) is 108 cm³/mol. The van der Waals surface area contributed by atoms with E-state index in [1.165, 1.54) is 0 Å². The molecule has 27 heavy (non-hydrogen) atoms. The molecule has 0 spiro atoms. The number of hydrogen-bond donors (Lipinski definition) is 2. The van der Waals surface area contributed by atoms with Gasteiger partial charge in [-0.1, -0.05) is 6.07 Å². The topological polar surface area (TPSA) is 85.2 Å². The first-order valence-corrected chi connectivity index (χ1v) is 9.66. The SMILES string of the molecule is CN(C)CCc1cc(NC(=O)Nc2ccc3c(c2)S(=O)C=C3)ccc1C#N. The number of nitrogens with zero attached hydrogens (tertiary/aromatic N) is 2. The van der Waals surface area contributed by atoms with Crippen molar-refractivity contribution in [2.75, 3.05) is 31.3 Å². The minimum absolute atomic E-state index is 0.394. The number of likely N-dealkylation sites (N-methyl/N-ethyl adjacent to an activating group) is 1. The maximum Gasteiger partial charge on any atom is 0.323 e. The molecule has 0 bridgehead atoms. The maximum absolute atomic E-state index is 12.3. The van der Waals surface area contributed by atoms with Crippen LogP contribution in [0.25, 0.3) is 6.08 Å². The summed E-state index contributed by atoms with van der Waals surface area (Å²) >= 11 is 0. The van der Waals surface area contributed by atoms with Gasteiger partial charge in [0, 0.05) is 23.3 Å². The van der Waals surface area contributed by atoms with E-state index >= 15 is 0 Å². The van der Waals surface area contributed by atoms with Crippen LogP contribution in [-0.2, 0) is 17.2 Å². The Labute approximate surface area is 161 Å². The Bertz CT molecular complexity index is 976. The van der Waals surface area contributed by atoms with E-state index < -0.39 is 16.8 Å². The minimum Gasteiger partial charge on any atom is -0.309 e. The number of nitrogens with one attached hydrogen (secondary N) is 2. The van der Waals surface area contributed by atoms with E-state index in [2.05, 4.69) is 16.7 Å². The molecule has 7 heteroatoms. The zero-order valence-corrected chi connectivity index (χ0v) is 16.0. The second-order valence-corrected chi connectivity index (χ2v) is 7.78. The third-order valence-electron chi connectivity index (χ3n) is 4.17. The van der Waals surface area contributed by atoms with E-state index in [4.69, 9.17) is 0 Å². The summed E-state index contributed by atoms with van der Waals surface area (Å²) in [6, 6.07) is 12.3. The summed E-state index contributed by atoms with van der Waals surface area (Å²) in [6.45, 7) is 0.810. The van der Waals surface area contributed by atoms with Crippen LogP contribution in [0, 0.1) is 11.3 Å². The van der Waals surface area contributed by atoms with Gasteiger partial charge in [0.25, 0.3) is 0 Å². The molecule has 3 rings (SSSR count). The molecule has 0 radical (unpaired) electrons. The Hall–Kier alpha value is -2.95. The minimum atomic E-state index is -1.16. The zero-order chi connectivity index (χ0) is 19.4. The van der Waals surface area contributed by atoms with Crippen molar-refractivity contribution >= 4 is 34.3 Å². The molecular formula is C20H20N4O2S. The van der Waals surface area contributed by atoms with Gasteiger partial charge in [0.2, 0.25) is 0 Å². The highest BCUT2D eigenvalue weighted by atomic mass is 32.2. The van der Waals surface area contributed by atoms with Gasteiger partial charge in [-0.2, -0.15) is 5.26 Å². The van der Waals surface area contributed by atoms with E-state index in [0.717, 1.165) is 24.1 Å². The first-order chi connectivity index (χ1) is 13.0. The van der Waals surface area contributed by atoms with Gasteiger partial charge < -0.3 is 15.5 Å². The summed E-state index contributed by atoms with van der Waals surface area (Å²) in [5, 5.41) is 16.4. The summed E-state index contributed by atoms with van der Waals surface area (Å²) in [7, 11) is 2.79. The van der Waals surface area contributed by atoms with Crippen LogP contribution in [-0.4, -0.2) is 35.8 Å². The summed E-state index contributed by atoms with van der Waals surface area (Å²) < 4.78 is 11.9. The van der Waals surface area contributed by atoms with Crippen LogP contribution in [0.15, 0.2) is 46.7 Å². The van der Waals surface area contributed by atoms with Gasteiger partial charge >= 0.3 is 6.03 Å². The lowest BCUT2D eigenvalue weighted by Crippen LogP contribution is -2.20. The number of carbonyl (C=O) groups excluding carboxylic acids is 1. The molecule has 0 fully saturated rings. The Balaban J connectivity index is 1.69.